The molecule has 0 saturated heterocycles. The number of hydrogen-bond donors (Lipinski definition) is 2. The van der Waals surface area contributed by atoms with Gasteiger partial charge in [-0.1, -0.05) is 18.2 Å². The predicted octanol–water partition coefficient (Wildman–Crippen LogP) is 2.45. The molecule has 0 unspecified atom stereocenters. The second kappa shape index (κ2) is 6.30. The quantitative estimate of drug-likeness (QED) is 0.895. The molecule has 0 spiro atoms. The summed E-state index contributed by atoms with van der Waals surface area (Å²) in [5.74, 6) is 0.432. The minimum Gasteiger partial charge on any atom is -0.330 e. The summed E-state index contributed by atoms with van der Waals surface area (Å²) < 4.78 is 0. The fourth-order valence-corrected chi connectivity index (χ4v) is 2.20. The van der Waals surface area contributed by atoms with Gasteiger partial charge in [0.2, 0.25) is 0 Å². The number of anilines is 1. The number of carbonyl (C=O) groups is 1. The fourth-order valence-electron chi connectivity index (χ4n) is 2.20. The van der Waals surface area contributed by atoms with Crippen molar-refractivity contribution in [2.24, 2.45) is 5.73 Å². The van der Waals surface area contributed by atoms with Crippen LogP contribution >= 0.6 is 0 Å². The van der Waals surface area contributed by atoms with Crippen molar-refractivity contribution in [3.8, 4) is 0 Å². The Morgan fingerprint density at radius 2 is 2.00 bits per heavy atom. The maximum Gasteiger partial charge on any atom is 0.257 e. The molecule has 4 nitrogen and oxygen atoms in total. The van der Waals surface area contributed by atoms with Gasteiger partial charge in [0.15, 0.2) is 0 Å². The van der Waals surface area contributed by atoms with Crippen LogP contribution < -0.4 is 11.1 Å². The Balaban J connectivity index is 2.23. The molecule has 0 saturated carbocycles. The number of carbonyl (C=O) groups excluding carboxylic acids is 1. The van der Waals surface area contributed by atoms with Crippen molar-refractivity contribution in [1.82, 2.24) is 4.98 Å². The van der Waals surface area contributed by atoms with Crippen LogP contribution in [0, 0.1) is 13.8 Å². The van der Waals surface area contributed by atoms with Gasteiger partial charge in [0.05, 0.1) is 0 Å². The van der Waals surface area contributed by atoms with Crippen LogP contribution in [0.1, 0.15) is 27.2 Å². The largest absolute Gasteiger partial charge is 0.330 e. The Kier molecular flexibility index (Phi) is 4.48. The highest BCUT2D eigenvalue weighted by molar-refractivity contribution is 6.04. The molecule has 0 bridgehead atoms. The van der Waals surface area contributed by atoms with E-state index >= 15 is 0 Å². The lowest BCUT2D eigenvalue weighted by Gasteiger charge is -2.10. The van der Waals surface area contributed by atoms with Crippen LogP contribution in [0.3, 0.4) is 0 Å². The molecule has 0 atom stereocenters. The molecular formula is C16H19N3O. The SMILES string of the molecule is Cc1cc(C)nc(NC(=O)c2ccccc2CCN)c1. The van der Waals surface area contributed by atoms with E-state index in [2.05, 4.69) is 10.3 Å². The zero-order chi connectivity index (χ0) is 14.5. The van der Waals surface area contributed by atoms with Gasteiger partial charge in [0, 0.05) is 11.3 Å². The summed E-state index contributed by atoms with van der Waals surface area (Å²) in [5.41, 5.74) is 9.14. The van der Waals surface area contributed by atoms with Crippen LogP contribution in [0.5, 0.6) is 0 Å². The molecule has 1 amide bonds. The standard InChI is InChI=1S/C16H19N3O/c1-11-9-12(2)18-15(10-11)19-16(20)14-6-4-3-5-13(14)7-8-17/h3-6,9-10H,7-8,17H2,1-2H3,(H,18,19,20). The minimum atomic E-state index is -0.147. The van der Waals surface area contributed by atoms with E-state index in [1.807, 2.05) is 50.2 Å². The van der Waals surface area contributed by atoms with Crippen LogP contribution in [0.4, 0.5) is 5.82 Å². The lowest BCUT2D eigenvalue weighted by Crippen LogP contribution is -2.16. The number of nitrogens with zero attached hydrogens (tertiary/aromatic N) is 1. The Hall–Kier alpha value is -2.20. The van der Waals surface area contributed by atoms with E-state index < -0.39 is 0 Å². The first-order valence-electron chi connectivity index (χ1n) is 6.65. The highest BCUT2D eigenvalue weighted by Crippen LogP contribution is 2.14. The van der Waals surface area contributed by atoms with Gasteiger partial charge in [-0.15, -0.1) is 0 Å². The molecule has 4 heteroatoms. The minimum absolute atomic E-state index is 0.147. The van der Waals surface area contributed by atoms with E-state index in [4.69, 9.17) is 5.73 Å². The lowest BCUT2D eigenvalue weighted by atomic mass is 10.0. The van der Waals surface area contributed by atoms with E-state index in [1.165, 1.54) is 0 Å². The third kappa shape index (κ3) is 3.42. The molecule has 104 valence electrons. The smallest absolute Gasteiger partial charge is 0.257 e. The number of benzene rings is 1. The van der Waals surface area contributed by atoms with Crippen molar-refractivity contribution in [3.05, 3.63) is 58.8 Å². The van der Waals surface area contributed by atoms with Gasteiger partial charge >= 0.3 is 0 Å². The summed E-state index contributed by atoms with van der Waals surface area (Å²) in [5, 5.41) is 2.85. The zero-order valence-corrected chi connectivity index (χ0v) is 11.8. The molecule has 3 N–H and O–H groups in total. The van der Waals surface area contributed by atoms with Crippen molar-refractivity contribution >= 4 is 11.7 Å². The summed E-state index contributed by atoms with van der Waals surface area (Å²) in [7, 11) is 0. The normalized spacial score (nSPS) is 10.3. The van der Waals surface area contributed by atoms with Crippen molar-refractivity contribution in [3.63, 3.8) is 0 Å². The Morgan fingerprint density at radius 1 is 1.25 bits per heavy atom. The first kappa shape index (κ1) is 14.2. The topological polar surface area (TPSA) is 68.0 Å². The maximum absolute atomic E-state index is 12.3. The van der Waals surface area contributed by atoms with Gasteiger partial charge < -0.3 is 11.1 Å². The number of aromatic nitrogens is 1. The Labute approximate surface area is 119 Å². The average Bonchev–Trinajstić information content (AvgIpc) is 2.38. The van der Waals surface area contributed by atoms with Crippen LogP contribution in [-0.2, 0) is 6.42 Å². The highest BCUT2D eigenvalue weighted by Gasteiger charge is 2.11. The van der Waals surface area contributed by atoms with Crippen molar-refractivity contribution in [1.29, 1.82) is 0 Å². The molecule has 0 radical (unpaired) electrons. The number of amides is 1. The summed E-state index contributed by atoms with van der Waals surface area (Å²) >= 11 is 0. The van der Waals surface area contributed by atoms with Gasteiger partial charge in [0.25, 0.3) is 5.91 Å². The number of nitrogens with two attached hydrogens (primary N) is 1. The average molecular weight is 269 g/mol. The molecule has 1 aromatic heterocycles. The van der Waals surface area contributed by atoms with Crippen molar-refractivity contribution in [2.75, 3.05) is 11.9 Å². The molecule has 0 fully saturated rings. The van der Waals surface area contributed by atoms with E-state index in [1.54, 1.807) is 0 Å². The number of hydrogen-bond acceptors (Lipinski definition) is 3. The molecule has 0 aliphatic carbocycles. The third-order valence-electron chi connectivity index (χ3n) is 3.02. The molecule has 1 aromatic carbocycles. The summed E-state index contributed by atoms with van der Waals surface area (Å²) in [6, 6.07) is 11.3. The second-order valence-electron chi connectivity index (χ2n) is 4.82. The van der Waals surface area contributed by atoms with Crippen LogP contribution in [0.15, 0.2) is 36.4 Å². The van der Waals surface area contributed by atoms with E-state index in [-0.39, 0.29) is 5.91 Å². The molecule has 20 heavy (non-hydrogen) atoms. The lowest BCUT2D eigenvalue weighted by molar-refractivity contribution is 0.102. The summed E-state index contributed by atoms with van der Waals surface area (Å²) in [4.78, 5) is 16.7. The van der Waals surface area contributed by atoms with E-state index in [0.29, 0.717) is 24.3 Å². The van der Waals surface area contributed by atoms with E-state index in [9.17, 15) is 4.79 Å². The van der Waals surface area contributed by atoms with Crippen LogP contribution in [0.25, 0.3) is 0 Å². The second-order valence-corrected chi connectivity index (χ2v) is 4.82. The summed E-state index contributed by atoms with van der Waals surface area (Å²) in [6.07, 6.45) is 0.684. The number of pyridine rings is 1. The fraction of sp³-hybridized carbons (Fsp3) is 0.250. The Bertz CT molecular complexity index is 603. The first-order chi connectivity index (χ1) is 9.60. The highest BCUT2D eigenvalue weighted by atomic mass is 16.1. The Morgan fingerprint density at radius 3 is 2.70 bits per heavy atom. The van der Waals surface area contributed by atoms with Gasteiger partial charge in [0.1, 0.15) is 5.82 Å². The third-order valence-corrected chi connectivity index (χ3v) is 3.02. The van der Waals surface area contributed by atoms with Gasteiger partial charge in [-0.05, 0) is 56.1 Å². The molecule has 2 aromatic rings. The summed E-state index contributed by atoms with van der Waals surface area (Å²) in [6.45, 7) is 4.41. The predicted molar refractivity (Wildman–Crippen MR) is 80.9 cm³/mol. The molecule has 1 heterocycles. The van der Waals surface area contributed by atoms with Crippen LogP contribution in [-0.4, -0.2) is 17.4 Å². The van der Waals surface area contributed by atoms with Gasteiger partial charge in [-0.3, -0.25) is 4.79 Å². The number of nitrogens with one attached hydrogen (secondary N) is 1. The number of rotatable bonds is 4. The van der Waals surface area contributed by atoms with Crippen molar-refractivity contribution in [2.45, 2.75) is 20.3 Å². The van der Waals surface area contributed by atoms with Crippen LogP contribution in [0.2, 0.25) is 0 Å². The van der Waals surface area contributed by atoms with E-state index in [0.717, 1.165) is 16.8 Å². The van der Waals surface area contributed by atoms with Crippen molar-refractivity contribution < 1.29 is 4.79 Å². The van der Waals surface area contributed by atoms with Gasteiger partial charge in [-0.2, -0.15) is 0 Å². The molecular weight excluding hydrogens is 250 g/mol. The monoisotopic (exact) mass is 269 g/mol. The molecule has 0 aliphatic rings. The number of aryl methyl sites for hydroxylation is 2. The molecule has 0 aliphatic heterocycles. The van der Waals surface area contributed by atoms with Gasteiger partial charge in [-0.25, -0.2) is 4.98 Å². The molecule has 2 rings (SSSR count). The first-order valence-corrected chi connectivity index (χ1v) is 6.65. The maximum atomic E-state index is 12.3. The zero-order valence-electron chi connectivity index (χ0n) is 11.8.